The van der Waals surface area contributed by atoms with E-state index in [4.69, 9.17) is 9.84 Å². The number of morpholine rings is 1. The largest absolute Gasteiger partial charge is 0.480 e. The lowest BCUT2D eigenvalue weighted by atomic mass is 10.3. The number of aromatic nitrogens is 1. The number of hydrogen-bond donors (Lipinski definition) is 1. The maximum atomic E-state index is 11.7. The number of aliphatic carboxylic acids is 1. The first-order valence-electron chi connectivity index (χ1n) is 5.42. The van der Waals surface area contributed by atoms with Crippen LogP contribution in [0, 0.1) is 0 Å². The molecular formula is C11H14N2O4. The maximum absolute atomic E-state index is 11.7. The van der Waals surface area contributed by atoms with Crippen LogP contribution in [-0.2, 0) is 16.1 Å². The SMILES string of the molecule is O=C(O)Cn1ccc(N2CCOCC2)cc1=O. The molecule has 17 heavy (non-hydrogen) atoms. The smallest absolute Gasteiger partial charge is 0.323 e. The molecule has 0 radical (unpaired) electrons. The van der Waals surface area contributed by atoms with Crippen molar-refractivity contribution in [2.75, 3.05) is 31.2 Å². The summed E-state index contributed by atoms with van der Waals surface area (Å²) in [7, 11) is 0. The lowest BCUT2D eigenvalue weighted by molar-refractivity contribution is -0.137. The summed E-state index contributed by atoms with van der Waals surface area (Å²) in [6.07, 6.45) is 1.52. The minimum atomic E-state index is -1.02. The van der Waals surface area contributed by atoms with Gasteiger partial charge in [0.1, 0.15) is 6.54 Å². The molecule has 0 unspecified atom stereocenters. The average Bonchev–Trinajstić information content (AvgIpc) is 2.32. The maximum Gasteiger partial charge on any atom is 0.323 e. The lowest BCUT2D eigenvalue weighted by Crippen LogP contribution is -2.37. The van der Waals surface area contributed by atoms with Gasteiger partial charge >= 0.3 is 5.97 Å². The van der Waals surface area contributed by atoms with Crippen LogP contribution in [0.2, 0.25) is 0 Å². The van der Waals surface area contributed by atoms with Crippen LogP contribution in [0.15, 0.2) is 23.1 Å². The monoisotopic (exact) mass is 238 g/mol. The molecule has 1 N–H and O–H groups in total. The standard InChI is InChI=1S/C11H14N2O4/c14-10-7-9(12-3-5-17-6-4-12)1-2-13(10)8-11(15)16/h1-2,7H,3-6,8H2,(H,15,16). The van der Waals surface area contributed by atoms with Crippen LogP contribution in [0.25, 0.3) is 0 Å². The van der Waals surface area contributed by atoms with E-state index in [2.05, 4.69) is 4.90 Å². The van der Waals surface area contributed by atoms with Crippen molar-refractivity contribution in [3.8, 4) is 0 Å². The number of carboxylic acids is 1. The molecule has 0 spiro atoms. The molecule has 0 aromatic carbocycles. The van der Waals surface area contributed by atoms with E-state index in [-0.39, 0.29) is 12.1 Å². The van der Waals surface area contributed by atoms with Crippen LogP contribution in [0.4, 0.5) is 5.69 Å². The number of rotatable bonds is 3. The van der Waals surface area contributed by atoms with E-state index in [9.17, 15) is 9.59 Å². The van der Waals surface area contributed by atoms with Gasteiger partial charge in [-0.3, -0.25) is 9.59 Å². The fourth-order valence-corrected chi connectivity index (χ4v) is 1.79. The highest BCUT2D eigenvalue weighted by molar-refractivity contribution is 5.66. The van der Waals surface area contributed by atoms with E-state index in [1.54, 1.807) is 6.07 Å². The summed E-state index contributed by atoms with van der Waals surface area (Å²) in [4.78, 5) is 24.2. The quantitative estimate of drug-likeness (QED) is 0.787. The second-order valence-corrected chi connectivity index (χ2v) is 3.84. The predicted octanol–water partition coefficient (Wildman–Crippen LogP) is -0.231. The van der Waals surface area contributed by atoms with Crippen molar-refractivity contribution < 1.29 is 14.6 Å². The molecule has 0 amide bonds. The van der Waals surface area contributed by atoms with Crippen molar-refractivity contribution in [2.24, 2.45) is 0 Å². The van der Waals surface area contributed by atoms with Crippen LogP contribution in [0.3, 0.4) is 0 Å². The summed E-state index contributed by atoms with van der Waals surface area (Å²) in [5, 5.41) is 8.62. The zero-order chi connectivity index (χ0) is 12.3. The van der Waals surface area contributed by atoms with Crippen molar-refractivity contribution >= 4 is 11.7 Å². The first-order valence-corrected chi connectivity index (χ1v) is 5.42. The van der Waals surface area contributed by atoms with Crippen molar-refractivity contribution in [1.29, 1.82) is 0 Å². The second-order valence-electron chi connectivity index (χ2n) is 3.84. The molecule has 0 bridgehead atoms. The zero-order valence-corrected chi connectivity index (χ0v) is 9.33. The Morgan fingerprint density at radius 1 is 1.41 bits per heavy atom. The van der Waals surface area contributed by atoms with E-state index in [0.717, 1.165) is 18.8 Å². The molecule has 1 saturated heterocycles. The highest BCUT2D eigenvalue weighted by Gasteiger charge is 2.12. The Morgan fingerprint density at radius 2 is 2.12 bits per heavy atom. The molecule has 6 heteroatoms. The molecule has 0 saturated carbocycles. The van der Waals surface area contributed by atoms with E-state index >= 15 is 0 Å². The van der Waals surface area contributed by atoms with Gasteiger partial charge in [-0.15, -0.1) is 0 Å². The Balaban J connectivity index is 2.18. The molecule has 1 aromatic heterocycles. The summed E-state index contributed by atoms with van der Waals surface area (Å²) in [6, 6.07) is 3.23. The molecule has 1 aromatic rings. The lowest BCUT2D eigenvalue weighted by Gasteiger charge is -2.28. The molecule has 0 atom stereocenters. The van der Waals surface area contributed by atoms with Gasteiger partial charge in [0.05, 0.1) is 13.2 Å². The van der Waals surface area contributed by atoms with Crippen LogP contribution in [0.5, 0.6) is 0 Å². The van der Waals surface area contributed by atoms with Gasteiger partial charge in [-0.05, 0) is 6.07 Å². The van der Waals surface area contributed by atoms with Gasteiger partial charge < -0.3 is 19.3 Å². The fourth-order valence-electron chi connectivity index (χ4n) is 1.79. The minimum Gasteiger partial charge on any atom is -0.480 e. The molecule has 6 nitrogen and oxygen atoms in total. The van der Waals surface area contributed by atoms with E-state index < -0.39 is 5.97 Å². The van der Waals surface area contributed by atoms with Crippen molar-refractivity contribution in [3.05, 3.63) is 28.7 Å². The van der Waals surface area contributed by atoms with Gasteiger partial charge in [0.25, 0.3) is 5.56 Å². The van der Waals surface area contributed by atoms with Gasteiger partial charge in [-0.2, -0.15) is 0 Å². The molecule has 1 aliphatic rings. The number of anilines is 1. The summed E-state index contributed by atoms with van der Waals surface area (Å²) in [6.45, 7) is 2.50. The minimum absolute atomic E-state index is 0.295. The van der Waals surface area contributed by atoms with Crippen LogP contribution >= 0.6 is 0 Å². The number of pyridine rings is 1. The Morgan fingerprint density at radius 3 is 2.71 bits per heavy atom. The third-order valence-corrected chi connectivity index (χ3v) is 2.66. The normalized spacial score (nSPS) is 15.9. The van der Waals surface area contributed by atoms with Gasteiger partial charge in [0.2, 0.25) is 0 Å². The summed E-state index contributed by atoms with van der Waals surface area (Å²) in [5.74, 6) is -1.02. The third kappa shape index (κ3) is 2.85. The van der Waals surface area contributed by atoms with Gasteiger partial charge in [0.15, 0.2) is 0 Å². The number of ether oxygens (including phenoxy) is 1. The Hall–Kier alpha value is -1.82. The average molecular weight is 238 g/mol. The Labute approximate surface area is 98.0 Å². The van der Waals surface area contributed by atoms with Crippen LogP contribution in [-0.4, -0.2) is 41.9 Å². The van der Waals surface area contributed by atoms with E-state index in [1.807, 2.05) is 0 Å². The molecule has 2 heterocycles. The number of hydrogen-bond acceptors (Lipinski definition) is 4. The number of carbonyl (C=O) groups is 1. The topological polar surface area (TPSA) is 71.8 Å². The van der Waals surface area contributed by atoms with Crippen molar-refractivity contribution in [1.82, 2.24) is 4.57 Å². The van der Waals surface area contributed by atoms with Crippen molar-refractivity contribution in [3.63, 3.8) is 0 Å². The van der Waals surface area contributed by atoms with Gasteiger partial charge in [-0.1, -0.05) is 0 Å². The highest BCUT2D eigenvalue weighted by atomic mass is 16.5. The van der Waals surface area contributed by atoms with Crippen LogP contribution < -0.4 is 10.5 Å². The molecular weight excluding hydrogens is 224 g/mol. The second kappa shape index (κ2) is 5.01. The van der Waals surface area contributed by atoms with Crippen molar-refractivity contribution in [2.45, 2.75) is 6.54 Å². The first-order chi connectivity index (χ1) is 8.16. The highest BCUT2D eigenvalue weighted by Crippen LogP contribution is 2.12. The third-order valence-electron chi connectivity index (χ3n) is 2.66. The zero-order valence-electron chi connectivity index (χ0n) is 9.33. The predicted molar refractivity (Wildman–Crippen MR) is 61.4 cm³/mol. The number of nitrogens with zero attached hydrogens (tertiary/aromatic N) is 2. The molecule has 0 aliphatic carbocycles. The summed E-state index contributed by atoms with van der Waals surface area (Å²) in [5.41, 5.74) is 0.524. The molecule has 1 aliphatic heterocycles. The van der Waals surface area contributed by atoms with Crippen LogP contribution in [0.1, 0.15) is 0 Å². The van der Waals surface area contributed by atoms with Gasteiger partial charge in [0, 0.05) is 31.0 Å². The van der Waals surface area contributed by atoms with E-state index in [1.165, 1.54) is 16.8 Å². The van der Waals surface area contributed by atoms with E-state index in [0.29, 0.717) is 13.2 Å². The summed E-state index contributed by atoms with van der Waals surface area (Å²) < 4.78 is 6.40. The summed E-state index contributed by atoms with van der Waals surface area (Å²) >= 11 is 0. The Bertz CT molecular complexity index is 463. The molecule has 92 valence electrons. The first kappa shape index (κ1) is 11.7. The Kier molecular flexibility index (Phi) is 3.43. The number of carboxylic acid groups (broad SMARTS) is 1. The fraction of sp³-hybridized carbons (Fsp3) is 0.455. The molecule has 2 rings (SSSR count). The van der Waals surface area contributed by atoms with Gasteiger partial charge in [-0.25, -0.2) is 0 Å². The molecule has 1 fully saturated rings.